The monoisotopic (exact) mass is 464 g/mol. The number of pyridine rings is 1. The molecule has 2 unspecified atom stereocenters. The van der Waals surface area contributed by atoms with Gasteiger partial charge in [-0.3, -0.25) is 4.79 Å². The molecule has 0 spiro atoms. The Labute approximate surface area is 197 Å². The van der Waals surface area contributed by atoms with Crippen LogP contribution >= 0.6 is 11.6 Å². The van der Waals surface area contributed by atoms with Gasteiger partial charge in [-0.15, -0.1) is 0 Å². The molecule has 0 amide bonds. The van der Waals surface area contributed by atoms with Gasteiger partial charge in [0.15, 0.2) is 5.69 Å². The zero-order valence-electron chi connectivity index (χ0n) is 18.4. The number of cyclic esters (lactones) is 1. The van der Waals surface area contributed by atoms with Crippen molar-refractivity contribution >= 4 is 29.2 Å². The summed E-state index contributed by atoms with van der Waals surface area (Å²) in [4.78, 5) is 28.2. The van der Waals surface area contributed by atoms with E-state index in [1.165, 1.54) is 5.56 Å². The van der Waals surface area contributed by atoms with Crippen LogP contribution < -0.4 is 5.32 Å². The van der Waals surface area contributed by atoms with E-state index in [4.69, 9.17) is 16.3 Å². The van der Waals surface area contributed by atoms with E-state index < -0.39 is 5.97 Å². The van der Waals surface area contributed by atoms with Crippen molar-refractivity contribution in [2.24, 2.45) is 5.92 Å². The van der Waals surface area contributed by atoms with Crippen molar-refractivity contribution in [3.8, 4) is 0 Å². The molecule has 0 aliphatic carbocycles. The summed E-state index contributed by atoms with van der Waals surface area (Å²) in [5, 5.41) is 12.8. The lowest BCUT2D eigenvalue weighted by Gasteiger charge is -2.21. The quantitative estimate of drug-likeness (QED) is 0.359. The van der Waals surface area contributed by atoms with Gasteiger partial charge >= 0.3 is 11.9 Å². The number of halogens is 1. The van der Waals surface area contributed by atoms with Crippen molar-refractivity contribution in [3.05, 3.63) is 93.8 Å². The van der Waals surface area contributed by atoms with E-state index in [1.54, 1.807) is 12.1 Å². The minimum atomic E-state index is -1.16. The van der Waals surface area contributed by atoms with Gasteiger partial charge in [-0.05, 0) is 49.1 Å². The van der Waals surface area contributed by atoms with Gasteiger partial charge in [-0.25, -0.2) is 9.78 Å². The Balaban J connectivity index is 1.61. The van der Waals surface area contributed by atoms with Gasteiger partial charge in [-0.1, -0.05) is 65.7 Å². The number of hydrogen-bond donors (Lipinski definition) is 2. The van der Waals surface area contributed by atoms with Crippen molar-refractivity contribution in [1.82, 2.24) is 4.98 Å². The number of benzene rings is 2. The number of carbonyl (C=O) groups is 2. The standard InChI is InChI=1S/C26H25ClN2O4/c1-15-10-18(16(2)28-21-8-9-22(27)29-24(21)25(30)31)13-19(11-15)23-20(14-33-26(23)32)12-17-6-4-3-5-7-17/h3-11,13,16,20,23,28H,12,14H2,1-2H3,(H,30,31)/t16?,20?,23-/m1/s1. The molecule has 2 N–H and O–H groups in total. The third kappa shape index (κ3) is 5.17. The SMILES string of the molecule is Cc1cc(C(C)Nc2ccc(Cl)nc2C(=O)O)cc([C@H]2C(=O)OCC2Cc2ccccc2)c1. The van der Waals surface area contributed by atoms with Crippen molar-refractivity contribution in [1.29, 1.82) is 0 Å². The predicted octanol–water partition coefficient (Wildman–Crippen LogP) is 5.41. The molecule has 3 aromatic rings. The smallest absolute Gasteiger partial charge is 0.356 e. The largest absolute Gasteiger partial charge is 0.476 e. The highest BCUT2D eigenvalue weighted by atomic mass is 35.5. The molecule has 2 heterocycles. The molecule has 4 rings (SSSR count). The zero-order chi connectivity index (χ0) is 23.5. The molecule has 2 aromatic carbocycles. The highest BCUT2D eigenvalue weighted by molar-refractivity contribution is 6.29. The van der Waals surface area contributed by atoms with E-state index in [0.717, 1.165) is 23.1 Å². The number of nitrogens with one attached hydrogen (secondary N) is 1. The molecule has 1 aliphatic heterocycles. The first-order chi connectivity index (χ1) is 15.8. The van der Waals surface area contributed by atoms with Crippen LogP contribution in [-0.2, 0) is 16.0 Å². The molecule has 1 aromatic heterocycles. The average molecular weight is 465 g/mol. The van der Waals surface area contributed by atoms with Crippen molar-refractivity contribution in [3.63, 3.8) is 0 Å². The Bertz CT molecular complexity index is 1180. The number of ether oxygens (including phenoxy) is 1. The van der Waals surface area contributed by atoms with Crippen LogP contribution in [0, 0.1) is 12.8 Å². The van der Waals surface area contributed by atoms with Gasteiger partial charge in [0.2, 0.25) is 0 Å². The van der Waals surface area contributed by atoms with Gasteiger partial charge in [0, 0.05) is 12.0 Å². The second-order valence-electron chi connectivity index (χ2n) is 8.44. The maximum atomic E-state index is 12.7. The lowest BCUT2D eigenvalue weighted by molar-refractivity contribution is -0.139. The third-order valence-electron chi connectivity index (χ3n) is 5.92. The molecule has 1 fully saturated rings. The molecule has 1 aliphatic rings. The molecule has 3 atom stereocenters. The highest BCUT2D eigenvalue weighted by Gasteiger charge is 2.38. The van der Waals surface area contributed by atoms with Crippen LogP contribution in [0.1, 0.15) is 51.6 Å². The number of carboxylic acids is 1. The van der Waals surface area contributed by atoms with Crippen LogP contribution in [0.5, 0.6) is 0 Å². The van der Waals surface area contributed by atoms with E-state index in [2.05, 4.69) is 22.4 Å². The van der Waals surface area contributed by atoms with Gasteiger partial charge in [0.05, 0.1) is 18.2 Å². The highest BCUT2D eigenvalue weighted by Crippen LogP contribution is 2.36. The van der Waals surface area contributed by atoms with Crippen molar-refractivity contribution in [2.75, 3.05) is 11.9 Å². The molecule has 6 nitrogen and oxygen atoms in total. The summed E-state index contributed by atoms with van der Waals surface area (Å²) in [5.74, 6) is -1.66. The fraction of sp³-hybridized carbons (Fsp3) is 0.269. The predicted molar refractivity (Wildman–Crippen MR) is 127 cm³/mol. The number of anilines is 1. The lowest BCUT2D eigenvalue weighted by atomic mass is 9.83. The van der Waals surface area contributed by atoms with Gasteiger partial charge in [0.1, 0.15) is 5.15 Å². The van der Waals surface area contributed by atoms with E-state index in [-0.39, 0.29) is 34.7 Å². The number of carboxylic acid groups (broad SMARTS) is 1. The number of aromatic nitrogens is 1. The number of rotatable bonds is 7. The minimum absolute atomic E-state index is 0.0527. The number of carbonyl (C=O) groups excluding carboxylic acids is 1. The van der Waals surface area contributed by atoms with E-state index in [1.807, 2.05) is 50.2 Å². The molecule has 0 saturated carbocycles. The Morgan fingerprint density at radius 1 is 1.21 bits per heavy atom. The Morgan fingerprint density at radius 3 is 2.70 bits per heavy atom. The first-order valence-corrected chi connectivity index (χ1v) is 11.2. The maximum Gasteiger partial charge on any atom is 0.356 e. The van der Waals surface area contributed by atoms with Crippen LogP contribution in [0.15, 0.2) is 60.7 Å². The first-order valence-electron chi connectivity index (χ1n) is 10.8. The summed E-state index contributed by atoms with van der Waals surface area (Å²) in [6.07, 6.45) is 0.757. The second kappa shape index (κ2) is 9.63. The normalized spacial score (nSPS) is 18.6. The Morgan fingerprint density at radius 2 is 1.97 bits per heavy atom. The van der Waals surface area contributed by atoms with E-state index in [0.29, 0.717) is 12.3 Å². The molecule has 0 bridgehead atoms. The summed E-state index contributed by atoms with van der Waals surface area (Å²) in [5.41, 5.74) is 4.28. The molecule has 7 heteroatoms. The number of aromatic carboxylic acids is 1. The maximum absolute atomic E-state index is 12.7. The number of esters is 1. The summed E-state index contributed by atoms with van der Waals surface area (Å²) in [6, 6.07) is 19.1. The molecular weight excluding hydrogens is 440 g/mol. The number of aryl methyl sites for hydroxylation is 1. The van der Waals surface area contributed by atoms with Crippen LogP contribution in [-0.4, -0.2) is 28.6 Å². The van der Waals surface area contributed by atoms with Crippen LogP contribution in [0.2, 0.25) is 5.15 Å². The van der Waals surface area contributed by atoms with E-state index in [9.17, 15) is 14.7 Å². The van der Waals surface area contributed by atoms with Gasteiger partial charge in [-0.2, -0.15) is 0 Å². The Hall–Kier alpha value is -3.38. The van der Waals surface area contributed by atoms with Crippen LogP contribution in [0.3, 0.4) is 0 Å². The molecule has 0 radical (unpaired) electrons. The topological polar surface area (TPSA) is 88.5 Å². The summed E-state index contributed by atoms with van der Waals surface area (Å²) < 4.78 is 5.45. The van der Waals surface area contributed by atoms with Gasteiger partial charge < -0.3 is 15.2 Å². The van der Waals surface area contributed by atoms with Crippen molar-refractivity contribution < 1.29 is 19.4 Å². The summed E-state index contributed by atoms with van der Waals surface area (Å²) >= 11 is 5.87. The Kier molecular flexibility index (Phi) is 6.65. The molecule has 33 heavy (non-hydrogen) atoms. The number of hydrogen-bond acceptors (Lipinski definition) is 5. The average Bonchev–Trinajstić information content (AvgIpc) is 3.14. The van der Waals surface area contributed by atoms with Crippen molar-refractivity contribution in [2.45, 2.75) is 32.2 Å². The minimum Gasteiger partial charge on any atom is -0.476 e. The summed E-state index contributed by atoms with van der Waals surface area (Å²) in [7, 11) is 0. The molecular formula is C26H25ClN2O4. The lowest BCUT2D eigenvalue weighted by Crippen LogP contribution is -2.18. The molecule has 170 valence electrons. The summed E-state index contributed by atoms with van der Waals surface area (Å²) in [6.45, 7) is 4.32. The zero-order valence-corrected chi connectivity index (χ0v) is 19.2. The molecule has 1 saturated heterocycles. The third-order valence-corrected chi connectivity index (χ3v) is 6.13. The second-order valence-corrected chi connectivity index (χ2v) is 8.82. The van der Waals surface area contributed by atoms with Crippen LogP contribution in [0.25, 0.3) is 0 Å². The fourth-order valence-electron chi connectivity index (χ4n) is 4.37. The number of nitrogens with zero attached hydrogens (tertiary/aromatic N) is 1. The van der Waals surface area contributed by atoms with Crippen LogP contribution in [0.4, 0.5) is 5.69 Å². The fourth-order valence-corrected chi connectivity index (χ4v) is 4.52. The van der Waals surface area contributed by atoms with E-state index >= 15 is 0 Å². The first kappa shape index (κ1) is 22.8. The van der Waals surface area contributed by atoms with Gasteiger partial charge in [0.25, 0.3) is 0 Å².